The Balaban J connectivity index is 4.41. The van der Waals surface area contributed by atoms with Gasteiger partial charge in [0.25, 0.3) is 0 Å². The van der Waals surface area contributed by atoms with E-state index >= 15 is 0 Å². The lowest BCUT2D eigenvalue weighted by atomic mass is 10.2. The van der Waals surface area contributed by atoms with Gasteiger partial charge in [0.1, 0.15) is 13.2 Å². The standard InChI is InChI=1S/C14H26NO/c1-5-9-12-15(10-6-2,11-7-3)13-14-16-8-4/h6-8H,2-5,9-14H2,1H3/q+1. The third-order valence-corrected chi connectivity index (χ3v) is 2.82. The van der Waals surface area contributed by atoms with Gasteiger partial charge in [-0.25, -0.2) is 0 Å². The summed E-state index contributed by atoms with van der Waals surface area (Å²) in [6.07, 6.45) is 7.95. The third kappa shape index (κ3) is 5.76. The van der Waals surface area contributed by atoms with Crippen LogP contribution in [0, 0.1) is 0 Å². The molecule has 0 N–H and O–H groups in total. The van der Waals surface area contributed by atoms with E-state index in [0.717, 1.165) is 37.3 Å². The molecule has 0 aliphatic heterocycles. The van der Waals surface area contributed by atoms with Crippen LogP contribution in [0.3, 0.4) is 0 Å². The van der Waals surface area contributed by atoms with Gasteiger partial charge < -0.3 is 9.22 Å². The van der Waals surface area contributed by atoms with Gasteiger partial charge in [-0.05, 0) is 18.6 Å². The van der Waals surface area contributed by atoms with Gasteiger partial charge in [0, 0.05) is 0 Å². The van der Waals surface area contributed by atoms with Crippen molar-refractivity contribution in [3.05, 3.63) is 38.2 Å². The van der Waals surface area contributed by atoms with Crippen LogP contribution in [0.15, 0.2) is 38.2 Å². The van der Waals surface area contributed by atoms with Crippen molar-refractivity contribution >= 4 is 0 Å². The Bertz CT molecular complexity index is 201. The SMILES string of the molecule is C=CC[N+](CC=C)(CCCC)CCOC=C. The largest absolute Gasteiger partial charge is 0.496 e. The van der Waals surface area contributed by atoms with E-state index in [2.05, 4.69) is 26.7 Å². The second-order valence-electron chi connectivity index (χ2n) is 4.12. The maximum Gasteiger partial charge on any atom is 0.136 e. The highest BCUT2D eigenvalue weighted by molar-refractivity contribution is 4.72. The number of ether oxygens (including phenoxy) is 1. The first-order valence-electron chi connectivity index (χ1n) is 6.04. The van der Waals surface area contributed by atoms with Gasteiger partial charge in [0.05, 0.1) is 25.9 Å². The van der Waals surface area contributed by atoms with Gasteiger partial charge in [-0.2, -0.15) is 0 Å². The quantitative estimate of drug-likeness (QED) is 0.227. The van der Waals surface area contributed by atoms with Crippen LogP contribution >= 0.6 is 0 Å². The van der Waals surface area contributed by atoms with Crippen LogP contribution in [0.4, 0.5) is 0 Å². The number of quaternary nitrogens is 1. The van der Waals surface area contributed by atoms with Gasteiger partial charge in [0.15, 0.2) is 0 Å². The molecule has 0 rings (SSSR count). The molecule has 0 radical (unpaired) electrons. The highest BCUT2D eigenvalue weighted by atomic mass is 16.5. The molecule has 0 aromatic rings. The van der Waals surface area contributed by atoms with E-state index in [9.17, 15) is 0 Å². The molecule has 0 heterocycles. The predicted octanol–water partition coefficient (Wildman–Crippen LogP) is 3.14. The van der Waals surface area contributed by atoms with Crippen LogP contribution in [-0.2, 0) is 4.74 Å². The maximum absolute atomic E-state index is 5.24. The first kappa shape index (κ1) is 15.0. The minimum atomic E-state index is 0.717. The molecule has 0 aliphatic carbocycles. The van der Waals surface area contributed by atoms with Crippen molar-refractivity contribution in [1.82, 2.24) is 0 Å². The molecule has 0 bridgehead atoms. The Kier molecular flexibility index (Phi) is 8.64. The monoisotopic (exact) mass is 224 g/mol. The Morgan fingerprint density at radius 1 is 1.06 bits per heavy atom. The number of hydrogen-bond acceptors (Lipinski definition) is 1. The van der Waals surface area contributed by atoms with E-state index in [1.165, 1.54) is 19.1 Å². The molecular weight excluding hydrogens is 198 g/mol. The topological polar surface area (TPSA) is 9.23 Å². The molecule has 0 amide bonds. The number of unbranched alkanes of at least 4 members (excludes halogenated alkanes) is 1. The summed E-state index contributed by atoms with van der Waals surface area (Å²) < 4.78 is 6.24. The Morgan fingerprint density at radius 3 is 2.12 bits per heavy atom. The van der Waals surface area contributed by atoms with Gasteiger partial charge in [0.2, 0.25) is 0 Å². The molecule has 0 aliphatic rings. The average molecular weight is 224 g/mol. The van der Waals surface area contributed by atoms with Crippen LogP contribution in [0.25, 0.3) is 0 Å². The van der Waals surface area contributed by atoms with Crippen molar-refractivity contribution in [2.24, 2.45) is 0 Å². The second kappa shape index (κ2) is 9.22. The lowest BCUT2D eigenvalue weighted by Gasteiger charge is -2.36. The maximum atomic E-state index is 5.24. The van der Waals surface area contributed by atoms with Crippen molar-refractivity contribution in [2.45, 2.75) is 19.8 Å². The number of nitrogens with zero attached hydrogens (tertiary/aromatic N) is 1. The fourth-order valence-electron chi connectivity index (χ4n) is 1.92. The highest BCUT2D eigenvalue weighted by Gasteiger charge is 2.23. The van der Waals surface area contributed by atoms with Crippen LogP contribution < -0.4 is 0 Å². The summed E-state index contributed by atoms with van der Waals surface area (Å²) in [5.74, 6) is 0. The fourth-order valence-corrected chi connectivity index (χ4v) is 1.92. The van der Waals surface area contributed by atoms with Gasteiger partial charge in [-0.1, -0.05) is 33.1 Å². The number of rotatable bonds is 11. The molecule has 0 atom stereocenters. The highest BCUT2D eigenvalue weighted by Crippen LogP contribution is 2.10. The van der Waals surface area contributed by atoms with Crippen LogP contribution in [0.2, 0.25) is 0 Å². The molecule has 0 fully saturated rings. The summed E-state index contributed by atoms with van der Waals surface area (Å²) in [7, 11) is 0. The van der Waals surface area contributed by atoms with Crippen molar-refractivity contribution in [3.63, 3.8) is 0 Å². The van der Waals surface area contributed by atoms with E-state index in [1.807, 2.05) is 12.2 Å². The fraction of sp³-hybridized carbons (Fsp3) is 0.571. The summed E-state index contributed by atoms with van der Waals surface area (Å²) in [5, 5.41) is 0. The van der Waals surface area contributed by atoms with E-state index in [-0.39, 0.29) is 0 Å². The van der Waals surface area contributed by atoms with Gasteiger partial charge in [-0.3, -0.25) is 0 Å². The van der Waals surface area contributed by atoms with Crippen molar-refractivity contribution < 1.29 is 9.22 Å². The Morgan fingerprint density at radius 2 is 1.69 bits per heavy atom. The number of hydrogen-bond donors (Lipinski definition) is 0. The first-order chi connectivity index (χ1) is 7.74. The molecule has 0 spiro atoms. The summed E-state index contributed by atoms with van der Waals surface area (Å²) in [4.78, 5) is 0. The molecule has 2 heteroatoms. The average Bonchev–Trinajstić information content (AvgIpc) is 2.27. The van der Waals surface area contributed by atoms with E-state index < -0.39 is 0 Å². The zero-order valence-electron chi connectivity index (χ0n) is 10.7. The Hall–Kier alpha value is -1.02. The summed E-state index contributed by atoms with van der Waals surface area (Å²) in [6, 6.07) is 0. The molecule has 16 heavy (non-hydrogen) atoms. The van der Waals surface area contributed by atoms with E-state index in [0.29, 0.717) is 0 Å². The molecule has 0 unspecified atom stereocenters. The minimum Gasteiger partial charge on any atom is -0.496 e. The molecular formula is C14H26NO+. The summed E-state index contributed by atoms with van der Waals surface area (Å²) in [6.45, 7) is 18.3. The third-order valence-electron chi connectivity index (χ3n) is 2.82. The summed E-state index contributed by atoms with van der Waals surface area (Å²) >= 11 is 0. The molecule has 0 saturated carbocycles. The first-order valence-corrected chi connectivity index (χ1v) is 6.04. The lowest BCUT2D eigenvalue weighted by molar-refractivity contribution is -0.917. The van der Waals surface area contributed by atoms with Crippen LogP contribution in [-0.4, -0.2) is 37.3 Å². The zero-order chi connectivity index (χ0) is 12.3. The van der Waals surface area contributed by atoms with E-state index in [1.54, 1.807) is 0 Å². The van der Waals surface area contributed by atoms with Gasteiger partial charge in [-0.15, -0.1) is 0 Å². The molecule has 0 aromatic carbocycles. The zero-order valence-corrected chi connectivity index (χ0v) is 10.7. The van der Waals surface area contributed by atoms with Crippen LogP contribution in [0.1, 0.15) is 19.8 Å². The molecule has 92 valence electrons. The van der Waals surface area contributed by atoms with Crippen molar-refractivity contribution in [2.75, 3.05) is 32.8 Å². The molecule has 0 aromatic heterocycles. The van der Waals surface area contributed by atoms with Crippen molar-refractivity contribution in [1.29, 1.82) is 0 Å². The molecule has 2 nitrogen and oxygen atoms in total. The lowest BCUT2D eigenvalue weighted by Crippen LogP contribution is -2.50. The van der Waals surface area contributed by atoms with Crippen LogP contribution in [0.5, 0.6) is 0 Å². The van der Waals surface area contributed by atoms with Crippen molar-refractivity contribution in [3.8, 4) is 0 Å². The minimum absolute atomic E-state index is 0.717. The normalized spacial score (nSPS) is 10.8. The second-order valence-corrected chi connectivity index (χ2v) is 4.12. The van der Waals surface area contributed by atoms with E-state index in [4.69, 9.17) is 4.74 Å². The Labute approximate surface area is 100 Å². The molecule has 0 saturated heterocycles. The van der Waals surface area contributed by atoms with Gasteiger partial charge >= 0.3 is 0 Å². The smallest absolute Gasteiger partial charge is 0.136 e. The predicted molar refractivity (Wildman–Crippen MR) is 71.2 cm³/mol. The summed E-state index contributed by atoms with van der Waals surface area (Å²) in [5.41, 5.74) is 0.